The molecule has 0 aromatic heterocycles. The molecule has 14 heavy (non-hydrogen) atoms. The molecule has 0 aliphatic rings. The van der Waals surface area contributed by atoms with E-state index >= 15 is 0 Å². The topological polar surface area (TPSA) is 87.2 Å². The summed E-state index contributed by atoms with van der Waals surface area (Å²) in [6.45, 7) is 3.32. The predicted octanol–water partition coefficient (Wildman–Crippen LogP) is 1.78. The van der Waals surface area contributed by atoms with Crippen molar-refractivity contribution in [3.8, 4) is 0 Å². The van der Waals surface area contributed by atoms with E-state index in [0.29, 0.717) is 12.1 Å². The van der Waals surface area contributed by atoms with E-state index in [0.717, 1.165) is 25.7 Å². The molecule has 0 saturated carbocycles. The van der Waals surface area contributed by atoms with Crippen LogP contribution >= 0.6 is 0 Å². The highest BCUT2D eigenvalue weighted by molar-refractivity contribution is 5.78. The number of aliphatic carboxylic acids is 1. The lowest BCUT2D eigenvalue weighted by molar-refractivity contribution is -0.142. The van der Waals surface area contributed by atoms with Gasteiger partial charge in [0.25, 0.3) is 0 Å². The molecule has 0 amide bonds. The molecule has 1 atom stereocenters. The summed E-state index contributed by atoms with van der Waals surface area (Å²) in [5, 5.41) is 15.9. The van der Waals surface area contributed by atoms with E-state index < -0.39 is 11.5 Å². The van der Waals surface area contributed by atoms with Crippen LogP contribution < -0.4 is 5.73 Å². The minimum absolute atomic E-state index is 0.499. The number of carboxylic acids is 1. The molecule has 0 aliphatic heterocycles. The fourth-order valence-corrected chi connectivity index (χ4v) is 1.17. The van der Waals surface area contributed by atoms with Crippen LogP contribution in [0.25, 0.3) is 0 Å². The van der Waals surface area contributed by atoms with Gasteiger partial charge in [0.2, 0.25) is 0 Å². The van der Waals surface area contributed by atoms with E-state index in [4.69, 9.17) is 16.2 Å². The highest BCUT2D eigenvalue weighted by atomic mass is 16.4. The lowest BCUT2D eigenvalue weighted by Gasteiger charge is -2.18. The van der Waals surface area contributed by atoms with E-state index in [1.54, 1.807) is 6.92 Å². The minimum Gasteiger partial charge on any atom is -0.480 e. The number of rotatable bonds is 7. The van der Waals surface area contributed by atoms with Gasteiger partial charge in [0, 0.05) is 5.71 Å². The highest BCUT2D eigenvalue weighted by Crippen LogP contribution is 2.12. The van der Waals surface area contributed by atoms with Crippen LogP contribution in [-0.4, -0.2) is 22.3 Å². The van der Waals surface area contributed by atoms with Crippen molar-refractivity contribution in [1.82, 2.24) is 0 Å². The highest BCUT2D eigenvalue weighted by Gasteiger charge is 2.26. The van der Waals surface area contributed by atoms with Crippen LogP contribution in [0.1, 0.15) is 46.0 Å². The molecule has 4 heteroatoms. The van der Waals surface area contributed by atoms with Crippen LogP contribution in [0.15, 0.2) is 0 Å². The first kappa shape index (κ1) is 13.1. The molecule has 4 N–H and O–H groups in total. The maximum atomic E-state index is 10.6. The average Bonchev–Trinajstić information content (AvgIpc) is 2.02. The average molecular weight is 200 g/mol. The van der Waals surface area contributed by atoms with Crippen LogP contribution in [0.4, 0.5) is 0 Å². The van der Waals surface area contributed by atoms with Gasteiger partial charge in [-0.25, -0.2) is 0 Å². The summed E-state index contributed by atoms with van der Waals surface area (Å²) in [7, 11) is 0. The summed E-state index contributed by atoms with van der Waals surface area (Å²) in [5.41, 5.74) is 5.14. The minimum atomic E-state index is -1.10. The maximum Gasteiger partial charge on any atom is 0.323 e. The Morgan fingerprint density at radius 3 is 2.43 bits per heavy atom. The third kappa shape index (κ3) is 5.70. The fraction of sp³-hybridized carbons (Fsp3) is 0.800. The Bertz CT molecular complexity index is 212. The second-order valence-electron chi connectivity index (χ2n) is 4.06. The van der Waals surface area contributed by atoms with Crippen molar-refractivity contribution in [2.45, 2.75) is 51.5 Å². The first-order valence-electron chi connectivity index (χ1n) is 4.92. The number of nitrogens with one attached hydrogen (secondary N) is 1. The lowest BCUT2D eigenvalue weighted by atomic mass is 9.95. The SMILES string of the molecule is CC(=N)CCCCCC(C)(N)C(=O)O. The van der Waals surface area contributed by atoms with Crippen molar-refractivity contribution in [2.75, 3.05) is 0 Å². The summed E-state index contributed by atoms with van der Waals surface area (Å²) >= 11 is 0. The smallest absolute Gasteiger partial charge is 0.323 e. The largest absolute Gasteiger partial charge is 0.480 e. The Balaban J connectivity index is 3.54. The second kappa shape index (κ2) is 5.75. The van der Waals surface area contributed by atoms with E-state index in [-0.39, 0.29) is 0 Å². The Kier molecular flexibility index (Phi) is 5.38. The molecule has 1 unspecified atom stereocenters. The zero-order valence-electron chi connectivity index (χ0n) is 8.97. The van der Waals surface area contributed by atoms with Crippen molar-refractivity contribution in [1.29, 1.82) is 5.41 Å². The predicted molar refractivity (Wildman–Crippen MR) is 56.7 cm³/mol. The molecule has 0 fully saturated rings. The number of unbranched alkanes of at least 4 members (excludes halogenated alkanes) is 2. The first-order valence-corrected chi connectivity index (χ1v) is 4.92. The maximum absolute atomic E-state index is 10.6. The lowest BCUT2D eigenvalue weighted by Crippen LogP contribution is -2.44. The van der Waals surface area contributed by atoms with Gasteiger partial charge >= 0.3 is 5.97 Å². The van der Waals surface area contributed by atoms with Gasteiger partial charge in [-0.2, -0.15) is 0 Å². The van der Waals surface area contributed by atoms with Crippen LogP contribution in [-0.2, 0) is 4.79 Å². The summed E-state index contributed by atoms with van der Waals surface area (Å²) in [6.07, 6.45) is 4.00. The van der Waals surface area contributed by atoms with Crippen molar-refractivity contribution in [2.24, 2.45) is 5.73 Å². The summed E-state index contributed by atoms with van der Waals surface area (Å²) in [4.78, 5) is 10.6. The van der Waals surface area contributed by atoms with Gasteiger partial charge in [-0.3, -0.25) is 4.79 Å². The van der Waals surface area contributed by atoms with Crippen molar-refractivity contribution < 1.29 is 9.90 Å². The van der Waals surface area contributed by atoms with Crippen LogP contribution in [0.3, 0.4) is 0 Å². The Labute approximate surface area is 85.0 Å². The number of carboxylic acid groups (broad SMARTS) is 1. The molecule has 0 rings (SSSR count). The van der Waals surface area contributed by atoms with Crippen molar-refractivity contribution >= 4 is 11.7 Å². The molecule has 0 aromatic rings. The molecule has 0 bridgehead atoms. The third-order valence-corrected chi connectivity index (χ3v) is 2.24. The Hall–Kier alpha value is -0.900. The van der Waals surface area contributed by atoms with Gasteiger partial charge in [0.05, 0.1) is 0 Å². The van der Waals surface area contributed by atoms with Gasteiger partial charge in [-0.15, -0.1) is 0 Å². The van der Waals surface area contributed by atoms with Crippen LogP contribution in [0.5, 0.6) is 0 Å². The molecule has 0 aromatic carbocycles. The van der Waals surface area contributed by atoms with Crippen LogP contribution in [0.2, 0.25) is 0 Å². The fourth-order valence-electron chi connectivity index (χ4n) is 1.17. The molecule has 0 aliphatic carbocycles. The van der Waals surface area contributed by atoms with Crippen LogP contribution in [0, 0.1) is 5.41 Å². The summed E-state index contributed by atoms with van der Waals surface area (Å²) in [6, 6.07) is 0. The third-order valence-electron chi connectivity index (χ3n) is 2.24. The van der Waals surface area contributed by atoms with Gasteiger partial charge in [-0.1, -0.05) is 12.8 Å². The molecule has 0 heterocycles. The molecule has 0 saturated heterocycles. The summed E-state index contributed by atoms with van der Waals surface area (Å²) < 4.78 is 0. The zero-order valence-corrected chi connectivity index (χ0v) is 8.97. The van der Waals surface area contributed by atoms with E-state index in [2.05, 4.69) is 0 Å². The zero-order chi connectivity index (χ0) is 11.2. The van der Waals surface area contributed by atoms with Gasteiger partial charge in [0.15, 0.2) is 0 Å². The van der Waals surface area contributed by atoms with E-state index in [1.165, 1.54) is 6.92 Å². The van der Waals surface area contributed by atoms with Crippen molar-refractivity contribution in [3.63, 3.8) is 0 Å². The molecule has 0 radical (unpaired) electrons. The molecule has 82 valence electrons. The summed E-state index contributed by atoms with van der Waals surface area (Å²) in [5.74, 6) is -0.944. The second-order valence-corrected chi connectivity index (χ2v) is 4.06. The monoisotopic (exact) mass is 200 g/mol. The van der Waals surface area contributed by atoms with Gasteiger partial charge < -0.3 is 16.2 Å². The molecular weight excluding hydrogens is 180 g/mol. The molecule has 0 spiro atoms. The van der Waals surface area contributed by atoms with Crippen molar-refractivity contribution in [3.05, 3.63) is 0 Å². The number of nitrogens with two attached hydrogens (primary N) is 1. The Morgan fingerprint density at radius 2 is 2.00 bits per heavy atom. The number of hydrogen-bond acceptors (Lipinski definition) is 3. The van der Waals surface area contributed by atoms with Gasteiger partial charge in [0.1, 0.15) is 5.54 Å². The number of carbonyl (C=O) groups is 1. The standard InChI is InChI=1S/C10H20N2O2/c1-8(11)6-4-3-5-7-10(2,12)9(13)14/h11H,3-7,12H2,1-2H3,(H,13,14). The number of hydrogen-bond donors (Lipinski definition) is 3. The normalized spacial score (nSPS) is 14.8. The van der Waals surface area contributed by atoms with E-state index in [9.17, 15) is 4.79 Å². The Morgan fingerprint density at radius 1 is 1.43 bits per heavy atom. The quantitative estimate of drug-likeness (QED) is 0.432. The molecular formula is C10H20N2O2. The van der Waals surface area contributed by atoms with E-state index in [1.807, 2.05) is 0 Å². The van der Waals surface area contributed by atoms with Gasteiger partial charge in [-0.05, 0) is 33.1 Å². The first-order chi connectivity index (χ1) is 6.36. The molecule has 4 nitrogen and oxygen atoms in total.